The summed E-state index contributed by atoms with van der Waals surface area (Å²) in [6, 6.07) is 9.01. The minimum Gasteiger partial charge on any atom is -0.320 e. The Labute approximate surface area is 108 Å². The fraction of sp³-hybridized carbons (Fsp3) is 0.167. The Morgan fingerprint density at radius 2 is 2.06 bits per heavy atom. The zero-order valence-corrected chi connectivity index (χ0v) is 10.8. The molecule has 1 unspecified atom stereocenters. The van der Waals surface area contributed by atoms with Crippen LogP contribution in [0.3, 0.4) is 0 Å². The van der Waals surface area contributed by atoms with Gasteiger partial charge in [-0.25, -0.2) is 0 Å². The predicted molar refractivity (Wildman–Crippen MR) is 69.1 cm³/mol. The first-order chi connectivity index (χ1) is 8.24. The maximum absolute atomic E-state index is 12.1. The first kappa shape index (κ1) is 11.8. The third-order valence-corrected chi connectivity index (χ3v) is 4.16. The molecule has 86 valence electrons. The molecule has 3 nitrogen and oxygen atoms in total. The van der Waals surface area contributed by atoms with Crippen molar-refractivity contribution in [2.45, 2.75) is 6.04 Å². The van der Waals surface area contributed by atoms with Gasteiger partial charge < -0.3 is 4.90 Å². The molecule has 0 fully saturated rings. The van der Waals surface area contributed by atoms with E-state index in [-0.39, 0.29) is 5.91 Å². The lowest BCUT2D eigenvalue weighted by Gasteiger charge is -2.21. The van der Waals surface area contributed by atoms with Crippen LogP contribution in [0.1, 0.15) is 20.6 Å². The van der Waals surface area contributed by atoms with E-state index in [1.54, 1.807) is 13.1 Å². The Balaban J connectivity index is 2.22. The standard InChI is InChI=1S/C12H10N2OS2/c1-14(12(15)11-5-3-7-17-11)9(8-13)10-4-2-6-16-10/h2-7,9H,1H3. The summed E-state index contributed by atoms with van der Waals surface area (Å²) in [5.41, 5.74) is 0. The van der Waals surface area contributed by atoms with E-state index in [1.807, 2.05) is 29.0 Å². The van der Waals surface area contributed by atoms with E-state index in [9.17, 15) is 10.1 Å². The van der Waals surface area contributed by atoms with Gasteiger partial charge in [-0.05, 0) is 22.9 Å². The molecule has 0 aliphatic rings. The van der Waals surface area contributed by atoms with Crippen LogP contribution in [-0.2, 0) is 0 Å². The quantitative estimate of drug-likeness (QED) is 0.853. The van der Waals surface area contributed by atoms with Gasteiger partial charge in [0.25, 0.3) is 5.91 Å². The Kier molecular flexibility index (Phi) is 3.57. The van der Waals surface area contributed by atoms with Crippen molar-refractivity contribution in [1.29, 1.82) is 5.26 Å². The maximum Gasteiger partial charge on any atom is 0.265 e. The van der Waals surface area contributed by atoms with Gasteiger partial charge in [-0.15, -0.1) is 22.7 Å². The second-order valence-corrected chi connectivity index (χ2v) is 5.37. The topological polar surface area (TPSA) is 44.1 Å². The number of nitrogens with zero attached hydrogens (tertiary/aromatic N) is 2. The predicted octanol–water partition coefficient (Wildman–Crippen LogP) is 3.15. The van der Waals surface area contributed by atoms with Crippen molar-refractivity contribution in [3.63, 3.8) is 0 Å². The van der Waals surface area contributed by atoms with Crippen LogP contribution in [0, 0.1) is 11.3 Å². The molecule has 0 radical (unpaired) electrons. The van der Waals surface area contributed by atoms with Crippen molar-refractivity contribution in [3.8, 4) is 6.07 Å². The largest absolute Gasteiger partial charge is 0.320 e. The van der Waals surface area contributed by atoms with Crippen molar-refractivity contribution < 1.29 is 4.79 Å². The van der Waals surface area contributed by atoms with Crippen LogP contribution in [0.15, 0.2) is 35.0 Å². The summed E-state index contributed by atoms with van der Waals surface area (Å²) >= 11 is 2.87. The molecule has 0 N–H and O–H groups in total. The lowest BCUT2D eigenvalue weighted by molar-refractivity contribution is 0.0770. The highest BCUT2D eigenvalue weighted by Crippen LogP contribution is 2.25. The Bertz CT molecular complexity index is 525. The lowest BCUT2D eigenvalue weighted by atomic mass is 10.2. The minimum atomic E-state index is -0.510. The Morgan fingerprint density at radius 3 is 2.59 bits per heavy atom. The van der Waals surface area contributed by atoms with Crippen LogP contribution in [0.4, 0.5) is 0 Å². The zero-order valence-electron chi connectivity index (χ0n) is 9.16. The van der Waals surface area contributed by atoms with Crippen LogP contribution in [0.25, 0.3) is 0 Å². The van der Waals surface area contributed by atoms with Crippen molar-refractivity contribution >= 4 is 28.6 Å². The third kappa shape index (κ3) is 2.38. The monoisotopic (exact) mass is 262 g/mol. The molecule has 0 spiro atoms. The van der Waals surface area contributed by atoms with E-state index in [0.717, 1.165) is 4.88 Å². The molecule has 17 heavy (non-hydrogen) atoms. The van der Waals surface area contributed by atoms with Crippen molar-refractivity contribution in [1.82, 2.24) is 4.90 Å². The number of amides is 1. The molecule has 1 atom stereocenters. The van der Waals surface area contributed by atoms with Crippen LogP contribution in [0.2, 0.25) is 0 Å². The van der Waals surface area contributed by atoms with Crippen LogP contribution >= 0.6 is 22.7 Å². The molecule has 0 bridgehead atoms. The molecule has 2 rings (SSSR count). The smallest absolute Gasteiger partial charge is 0.265 e. The van der Waals surface area contributed by atoms with E-state index in [4.69, 9.17) is 0 Å². The maximum atomic E-state index is 12.1. The van der Waals surface area contributed by atoms with Crippen LogP contribution in [-0.4, -0.2) is 17.9 Å². The molecule has 2 aromatic rings. The molecule has 2 heterocycles. The average Bonchev–Trinajstić information content (AvgIpc) is 3.01. The van der Waals surface area contributed by atoms with Gasteiger partial charge in [0.05, 0.1) is 10.9 Å². The first-order valence-corrected chi connectivity index (χ1v) is 6.73. The van der Waals surface area contributed by atoms with Crippen molar-refractivity contribution in [2.24, 2.45) is 0 Å². The van der Waals surface area contributed by atoms with Gasteiger partial charge in [0.15, 0.2) is 6.04 Å². The number of carbonyl (C=O) groups is 1. The molecule has 1 amide bonds. The SMILES string of the molecule is CN(C(=O)c1cccs1)C(C#N)c1cccs1. The number of nitriles is 1. The summed E-state index contributed by atoms with van der Waals surface area (Å²) < 4.78 is 0. The Morgan fingerprint density at radius 1 is 1.35 bits per heavy atom. The van der Waals surface area contributed by atoms with Gasteiger partial charge in [0.1, 0.15) is 0 Å². The summed E-state index contributed by atoms with van der Waals surface area (Å²) in [7, 11) is 1.66. The molecule has 0 saturated carbocycles. The number of thiophene rings is 2. The second-order valence-electron chi connectivity index (χ2n) is 3.44. The van der Waals surface area contributed by atoms with Crippen LogP contribution < -0.4 is 0 Å². The number of carbonyl (C=O) groups excluding carboxylic acids is 1. The highest BCUT2D eigenvalue weighted by Gasteiger charge is 2.23. The van der Waals surface area contributed by atoms with Gasteiger partial charge in [-0.3, -0.25) is 4.79 Å². The van der Waals surface area contributed by atoms with E-state index < -0.39 is 6.04 Å². The molecular weight excluding hydrogens is 252 g/mol. The average molecular weight is 262 g/mol. The van der Waals surface area contributed by atoms with Gasteiger partial charge in [0.2, 0.25) is 0 Å². The molecular formula is C12H10N2OS2. The fourth-order valence-corrected chi connectivity index (χ4v) is 3.00. The molecule has 0 aromatic carbocycles. The second kappa shape index (κ2) is 5.13. The van der Waals surface area contributed by atoms with E-state index in [2.05, 4.69) is 6.07 Å². The number of rotatable bonds is 3. The molecule has 5 heteroatoms. The third-order valence-electron chi connectivity index (χ3n) is 2.37. The van der Waals surface area contributed by atoms with Crippen molar-refractivity contribution in [2.75, 3.05) is 7.05 Å². The van der Waals surface area contributed by atoms with E-state index >= 15 is 0 Å². The summed E-state index contributed by atoms with van der Waals surface area (Å²) in [6.45, 7) is 0. The van der Waals surface area contributed by atoms with E-state index in [1.165, 1.54) is 27.6 Å². The minimum absolute atomic E-state index is 0.111. The van der Waals surface area contributed by atoms with E-state index in [0.29, 0.717) is 4.88 Å². The highest BCUT2D eigenvalue weighted by molar-refractivity contribution is 7.12. The molecule has 0 aliphatic heterocycles. The van der Waals surface area contributed by atoms with Gasteiger partial charge in [-0.2, -0.15) is 5.26 Å². The van der Waals surface area contributed by atoms with Gasteiger partial charge in [0, 0.05) is 11.9 Å². The van der Waals surface area contributed by atoms with Crippen LogP contribution in [0.5, 0.6) is 0 Å². The first-order valence-electron chi connectivity index (χ1n) is 4.97. The highest BCUT2D eigenvalue weighted by atomic mass is 32.1. The van der Waals surface area contributed by atoms with Crippen molar-refractivity contribution in [3.05, 3.63) is 44.8 Å². The number of hydrogen-bond donors (Lipinski definition) is 0. The van der Waals surface area contributed by atoms with Gasteiger partial charge in [-0.1, -0.05) is 12.1 Å². The normalized spacial score (nSPS) is 11.8. The summed E-state index contributed by atoms with van der Waals surface area (Å²) in [5.74, 6) is -0.111. The zero-order chi connectivity index (χ0) is 12.3. The Hall–Kier alpha value is -1.64. The fourth-order valence-electron chi connectivity index (χ4n) is 1.48. The summed E-state index contributed by atoms with van der Waals surface area (Å²) in [4.78, 5) is 15.1. The summed E-state index contributed by atoms with van der Waals surface area (Å²) in [6.07, 6.45) is 0. The van der Waals surface area contributed by atoms with Gasteiger partial charge >= 0.3 is 0 Å². The lowest BCUT2D eigenvalue weighted by Crippen LogP contribution is -2.29. The molecule has 0 aliphatic carbocycles. The molecule has 2 aromatic heterocycles. The number of hydrogen-bond acceptors (Lipinski definition) is 4. The molecule has 0 saturated heterocycles. The summed E-state index contributed by atoms with van der Waals surface area (Å²) in [5, 5.41) is 12.9.